The molecule has 0 saturated heterocycles. The number of nitro benzene ring substituents is 1. The van der Waals surface area contributed by atoms with Crippen molar-refractivity contribution in [2.75, 3.05) is 0 Å². The van der Waals surface area contributed by atoms with E-state index >= 15 is 0 Å². The Bertz CT molecular complexity index is 898. The molecule has 0 aliphatic rings. The number of nitro groups is 1. The first-order valence-corrected chi connectivity index (χ1v) is 7.90. The van der Waals surface area contributed by atoms with Gasteiger partial charge in [0.15, 0.2) is 6.61 Å². The van der Waals surface area contributed by atoms with E-state index in [0.717, 1.165) is 0 Å². The first kappa shape index (κ1) is 16.7. The number of hydrogen-bond acceptors (Lipinski definition) is 8. The molecule has 0 unspecified atom stereocenters. The van der Waals surface area contributed by atoms with Gasteiger partial charge < -0.3 is 9.15 Å². The zero-order valence-corrected chi connectivity index (χ0v) is 13.5. The molecule has 0 saturated carbocycles. The van der Waals surface area contributed by atoms with E-state index in [1.807, 2.05) is 18.2 Å². The van der Waals surface area contributed by atoms with Crippen LogP contribution in [0.4, 0.5) is 5.69 Å². The third-order valence-electron chi connectivity index (χ3n) is 3.03. The minimum atomic E-state index is -0.562. The van der Waals surface area contributed by atoms with E-state index in [2.05, 4.69) is 10.2 Å². The molecule has 1 aromatic heterocycles. The summed E-state index contributed by atoms with van der Waals surface area (Å²) >= 11 is 0.702. The minimum absolute atomic E-state index is 0.0446. The molecule has 0 aliphatic carbocycles. The van der Waals surface area contributed by atoms with E-state index in [4.69, 9.17) is 9.15 Å². The van der Waals surface area contributed by atoms with Crippen molar-refractivity contribution in [3.8, 4) is 5.75 Å². The number of ether oxygens (including phenoxy) is 1. The highest BCUT2D eigenvalue weighted by Crippen LogP contribution is 2.24. The topological polar surface area (TPSA) is 108 Å². The minimum Gasteiger partial charge on any atom is -0.484 e. The number of thioether (sulfide) groups is 1. The molecule has 0 radical (unpaired) electrons. The molecule has 0 fully saturated rings. The highest BCUT2D eigenvalue weighted by atomic mass is 32.2. The number of aromatic nitrogens is 2. The van der Waals surface area contributed by atoms with E-state index in [0.29, 0.717) is 17.5 Å². The number of rotatable bonds is 6. The fourth-order valence-corrected chi connectivity index (χ4v) is 2.51. The first-order valence-electron chi connectivity index (χ1n) is 7.08. The quantitative estimate of drug-likeness (QED) is 0.375. The van der Waals surface area contributed by atoms with Crippen molar-refractivity contribution in [3.05, 3.63) is 76.2 Å². The van der Waals surface area contributed by atoms with Crippen LogP contribution >= 0.6 is 11.8 Å². The fraction of sp³-hybridized carbons (Fsp3) is 0.0625. The van der Waals surface area contributed by atoms with Crippen LogP contribution in [-0.2, 0) is 6.61 Å². The Balaban J connectivity index is 1.62. The smallest absolute Gasteiger partial charge is 0.284 e. The summed E-state index contributed by atoms with van der Waals surface area (Å²) in [6.45, 7) is 0.0720. The Morgan fingerprint density at radius 1 is 1.16 bits per heavy atom. The molecule has 0 N–H and O–H groups in total. The zero-order chi connectivity index (χ0) is 17.6. The summed E-state index contributed by atoms with van der Waals surface area (Å²) < 4.78 is 10.8. The van der Waals surface area contributed by atoms with E-state index < -0.39 is 10.0 Å². The second-order valence-corrected chi connectivity index (χ2v) is 5.68. The Hall–Kier alpha value is -3.20. The summed E-state index contributed by atoms with van der Waals surface area (Å²) in [6, 6.07) is 14.6. The molecular formula is C16H11N3O5S. The van der Waals surface area contributed by atoms with E-state index in [1.165, 1.54) is 24.3 Å². The van der Waals surface area contributed by atoms with Gasteiger partial charge in [-0.3, -0.25) is 14.9 Å². The summed E-state index contributed by atoms with van der Waals surface area (Å²) in [6.07, 6.45) is 0. The maximum atomic E-state index is 12.2. The molecule has 25 heavy (non-hydrogen) atoms. The lowest BCUT2D eigenvalue weighted by Gasteiger charge is -2.01. The summed E-state index contributed by atoms with van der Waals surface area (Å²) in [5, 5.41) is 17.9. The van der Waals surface area contributed by atoms with Crippen molar-refractivity contribution in [3.63, 3.8) is 0 Å². The van der Waals surface area contributed by atoms with Crippen molar-refractivity contribution < 1.29 is 18.9 Å². The van der Waals surface area contributed by atoms with Crippen LogP contribution in [0.25, 0.3) is 0 Å². The number of non-ortho nitro benzene ring substituents is 1. The molecule has 1 heterocycles. The van der Waals surface area contributed by atoms with Gasteiger partial charge >= 0.3 is 0 Å². The molecule has 2 aromatic carbocycles. The predicted molar refractivity (Wildman–Crippen MR) is 88.4 cm³/mol. The number of carbonyl (C=O) groups excluding carboxylic acids is 1. The number of para-hydroxylation sites is 1. The summed E-state index contributed by atoms with van der Waals surface area (Å²) in [5.74, 6) is 0.876. The second kappa shape index (κ2) is 7.58. The van der Waals surface area contributed by atoms with Gasteiger partial charge in [-0.2, -0.15) is 0 Å². The molecule has 126 valence electrons. The van der Waals surface area contributed by atoms with Crippen LogP contribution < -0.4 is 4.74 Å². The van der Waals surface area contributed by atoms with Crippen molar-refractivity contribution in [2.45, 2.75) is 11.8 Å². The van der Waals surface area contributed by atoms with Gasteiger partial charge in [-0.25, -0.2) is 0 Å². The number of nitrogens with zero attached hydrogens (tertiary/aromatic N) is 3. The Labute approximate surface area is 146 Å². The Kier molecular flexibility index (Phi) is 5.05. The van der Waals surface area contributed by atoms with Crippen molar-refractivity contribution >= 4 is 22.6 Å². The van der Waals surface area contributed by atoms with E-state index in [9.17, 15) is 14.9 Å². The van der Waals surface area contributed by atoms with E-state index in [1.54, 1.807) is 12.1 Å². The van der Waals surface area contributed by atoms with Crippen LogP contribution in [0.3, 0.4) is 0 Å². The third kappa shape index (κ3) is 4.42. The molecule has 0 amide bonds. The fourth-order valence-electron chi connectivity index (χ4n) is 1.88. The SMILES string of the molecule is O=C(Sc1nnc(COc2ccccc2)o1)c1cccc([N+](=O)[O-])c1. The van der Waals surface area contributed by atoms with Crippen LogP contribution in [0.2, 0.25) is 0 Å². The molecule has 0 bridgehead atoms. The van der Waals surface area contributed by atoms with Gasteiger partial charge in [0.05, 0.1) is 4.92 Å². The molecule has 0 spiro atoms. The highest BCUT2D eigenvalue weighted by molar-refractivity contribution is 8.14. The maximum Gasteiger partial charge on any atom is 0.284 e. The zero-order valence-electron chi connectivity index (χ0n) is 12.7. The van der Waals surface area contributed by atoms with Crippen LogP contribution in [0.15, 0.2) is 64.2 Å². The Morgan fingerprint density at radius 3 is 2.72 bits per heavy atom. The molecule has 0 atom stereocenters. The second-order valence-electron chi connectivity index (χ2n) is 4.76. The lowest BCUT2D eigenvalue weighted by Crippen LogP contribution is -1.95. The predicted octanol–water partition coefficient (Wildman–Crippen LogP) is 3.49. The summed E-state index contributed by atoms with van der Waals surface area (Å²) in [4.78, 5) is 22.4. The van der Waals surface area contributed by atoms with Gasteiger partial charge in [0.25, 0.3) is 16.8 Å². The van der Waals surface area contributed by atoms with Crippen molar-refractivity contribution in [1.29, 1.82) is 0 Å². The lowest BCUT2D eigenvalue weighted by atomic mass is 10.2. The highest BCUT2D eigenvalue weighted by Gasteiger charge is 2.16. The normalized spacial score (nSPS) is 10.4. The van der Waals surface area contributed by atoms with Crippen LogP contribution in [-0.4, -0.2) is 20.2 Å². The standard InChI is InChI=1S/C16H11N3O5S/c20-15(11-5-4-6-12(9-11)19(21)22)25-16-18-17-14(24-16)10-23-13-7-2-1-3-8-13/h1-9H,10H2. The average Bonchev–Trinajstić information content (AvgIpc) is 3.08. The van der Waals surface area contributed by atoms with Crippen molar-refractivity contribution in [2.24, 2.45) is 0 Å². The van der Waals surface area contributed by atoms with Gasteiger partial charge in [0.1, 0.15) is 5.75 Å². The van der Waals surface area contributed by atoms with Crippen LogP contribution in [0, 0.1) is 10.1 Å². The Morgan fingerprint density at radius 2 is 1.96 bits per heavy atom. The van der Waals surface area contributed by atoms with Gasteiger partial charge in [-0.15, -0.1) is 10.2 Å². The van der Waals surface area contributed by atoms with Crippen LogP contribution in [0.5, 0.6) is 5.75 Å². The molecule has 0 aliphatic heterocycles. The average molecular weight is 357 g/mol. The largest absolute Gasteiger partial charge is 0.484 e. The summed E-state index contributed by atoms with van der Waals surface area (Å²) in [5.41, 5.74) is 0.0217. The number of hydrogen-bond donors (Lipinski definition) is 0. The monoisotopic (exact) mass is 357 g/mol. The van der Waals surface area contributed by atoms with Gasteiger partial charge in [0.2, 0.25) is 5.12 Å². The number of benzene rings is 2. The molecule has 8 nitrogen and oxygen atoms in total. The molecule has 9 heteroatoms. The lowest BCUT2D eigenvalue weighted by molar-refractivity contribution is -0.384. The molecular weight excluding hydrogens is 346 g/mol. The number of carbonyl (C=O) groups is 1. The third-order valence-corrected chi connectivity index (χ3v) is 3.79. The molecule has 3 rings (SSSR count). The van der Waals surface area contributed by atoms with Gasteiger partial charge in [-0.1, -0.05) is 24.3 Å². The van der Waals surface area contributed by atoms with Crippen LogP contribution in [0.1, 0.15) is 16.2 Å². The summed E-state index contributed by atoms with van der Waals surface area (Å²) in [7, 11) is 0. The van der Waals surface area contributed by atoms with Gasteiger partial charge in [0, 0.05) is 29.5 Å². The molecule has 3 aromatic rings. The van der Waals surface area contributed by atoms with Gasteiger partial charge in [-0.05, 0) is 18.2 Å². The van der Waals surface area contributed by atoms with Crippen molar-refractivity contribution in [1.82, 2.24) is 10.2 Å². The van der Waals surface area contributed by atoms with E-state index in [-0.39, 0.29) is 29.0 Å². The maximum absolute atomic E-state index is 12.2. The first-order chi connectivity index (χ1) is 12.1.